The highest BCUT2D eigenvalue weighted by atomic mass is 127. The monoisotopic (exact) mass is 368 g/mol. The summed E-state index contributed by atoms with van der Waals surface area (Å²) in [6.07, 6.45) is 0. The van der Waals surface area contributed by atoms with Gasteiger partial charge < -0.3 is 4.43 Å². The van der Waals surface area contributed by atoms with Crippen molar-refractivity contribution in [2.75, 3.05) is 11.0 Å². The average molecular weight is 368 g/mol. The summed E-state index contributed by atoms with van der Waals surface area (Å²) in [5, 5.41) is 0. The smallest absolute Gasteiger partial charge is 0.146 e. The Kier molecular flexibility index (Phi) is 4.97. The number of benzene rings is 2. The quantitative estimate of drug-likeness (QED) is 0.448. The van der Waals surface area contributed by atoms with Crippen LogP contribution in [0.1, 0.15) is 11.1 Å². The van der Waals surface area contributed by atoms with Gasteiger partial charge in [0.15, 0.2) is 0 Å². The summed E-state index contributed by atoms with van der Waals surface area (Å²) in [5.74, 6) is 0. The number of alkyl halides is 1. The van der Waals surface area contributed by atoms with E-state index in [1.54, 1.807) is 0 Å². The van der Waals surface area contributed by atoms with Crippen LogP contribution in [0.4, 0.5) is 0 Å². The molecular weight excluding hydrogens is 351 g/mol. The maximum atomic E-state index is 5.64. The number of rotatable bonds is 5. The molecule has 0 atom stereocenters. The molecular formula is C15H17IOSi. The summed E-state index contributed by atoms with van der Waals surface area (Å²) < 4.78 is 6.66. The molecule has 0 bridgehead atoms. The first-order valence-corrected chi connectivity index (χ1v) is 8.33. The summed E-state index contributed by atoms with van der Waals surface area (Å²) in [6.45, 7) is 0.760. The predicted octanol–water partition coefficient (Wildman–Crippen LogP) is 2.70. The largest absolute Gasteiger partial charge is 0.427 e. The van der Waals surface area contributed by atoms with Gasteiger partial charge in [-0.25, -0.2) is 0 Å². The fraction of sp³-hybridized carbons (Fsp3) is 0.200. The standard InChI is InChI=1S/C15H17IOSi/c16-11-15(12-17-18,13-7-3-1-4-8-13)14-9-5-2-6-10-14/h1-10H,11-12H2,18H3. The van der Waals surface area contributed by atoms with Gasteiger partial charge in [-0.05, 0) is 11.1 Å². The molecule has 0 heterocycles. The van der Waals surface area contributed by atoms with Gasteiger partial charge in [-0.15, -0.1) is 0 Å². The van der Waals surface area contributed by atoms with E-state index in [1.807, 2.05) is 0 Å². The highest BCUT2D eigenvalue weighted by Gasteiger charge is 2.32. The van der Waals surface area contributed by atoms with E-state index in [2.05, 4.69) is 83.3 Å². The van der Waals surface area contributed by atoms with Gasteiger partial charge in [-0.1, -0.05) is 83.3 Å². The molecule has 94 valence electrons. The molecule has 2 rings (SSSR count). The summed E-state index contributed by atoms with van der Waals surface area (Å²) in [7, 11) is 0.773. The van der Waals surface area contributed by atoms with Crippen LogP contribution in [0.2, 0.25) is 0 Å². The maximum absolute atomic E-state index is 5.64. The highest BCUT2D eigenvalue weighted by Crippen LogP contribution is 2.34. The van der Waals surface area contributed by atoms with Crippen LogP contribution in [0.15, 0.2) is 60.7 Å². The zero-order chi connectivity index (χ0) is 12.8. The Morgan fingerprint density at radius 2 is 1.33 bits per heavy atom. The molecule has 0 fully saturated rings. The van der Waals surface area contributed by atoms with E-state index in [4.69, 9.17) is 4.43 Å². The van der Waals surface area contributed by atoms with Crippen molar-refractivity contribution in [3.05, 3.63) is 71.8 Å². The molecule has 0 saturated heterocycles. The molecule has 3 heteroatoms. The van der Waals surface area contributed by atoms with E-state index in [1.165, 1.54) is 11.1 Å². The minimum atomic E-state index is -0.0230. The van der Waals surface area contributed by atoms with Crippen LogP contribution in [-0.2, 0) is 9.84 Å². The summed E-state index contributed by atoms with van der Waals surface area (Å²) in [6, 6.07) is 21.3. The fourth-order valence-electron chi connectivity index (χ4n) is 2.29. The van der Waals surface area contributed by atoms with Gasteiger partial charge in [0.2, 0.25) is 0 Å². The topological polar surface area (TPSA) is 9.23 Å². The van der Waals surface area contributed by atoms with Crippen molar-refractivity contribution < 1.29 is 4.43 Å². The first kappa shape index (κ1) is 13.8. The summed E-state index contributed by atoms with van der Waals surface area (Å²) in [5.41, 5.74) is 2.65. The Labute approximate surface area is 125 Å². The van der Waals surface area contributed by atoms with Gasteiger partial charge in [-0.2, -0.15) is 0 Å². The molecule has 0 amide bonds. The van der Waals surface area contributed by atoms with Gasteiger partial charge in [0.1, 0.15) is 10.5 Å². The van der Waals surface area contributed by atoms with Crippen molar-refractivity contribution in [1.29, 1.82) is 0 Å². The van der Waals surface area contributed by atoms with E-state index in [-0.39, 0.29) is 5.41 Å². The van der Waals surface area contributed by atoms with E-state index in [0.29, 0.717) is 0 Å². The lowest BCUT2D eigenvalue weighted by molar-refractivity contribution is 0.281. The second-order valence-electron chi connectivity index (χ2n) is 4.38. The Morgan fingerprint density at radius 1 is 0.889 bits per heavy atom. The van der Waals surface area contributed by atoms with Gasteiger partial charge in [-0.3, -0.25) is 0 Å². The highest BCUT2D eigenvalue weighted by molar-refractivity contribution is 14.1. The van der Waals surface area contributed by atoms with Crippen molar-refractivity contribution in [2.24, 2.45) is 0 Å². The van der Waals surface area contributed by atoms with Crippen molar-refractivity contribution in [1.82, 2.24) is 0 Å². The van der Waals surface area contributed by atoms with Crippen LogP contribution in [0.3, 0.4) is 0 Å². The number of hydrogen-bond acceptors (Lipinski definition) is 1. The van der Waals surface area contributed by atoms with Crippen LogP contribution in [0.25, 0.3) is 0 Å². The second-order valence-corrected chi connectivity index (χ2v) is 5.72. The van der Waals surface area contributed by atoms with Gasteiger partial charge in [0.25, 0.3) is 0 Å². The molecule has 2 aromatic carbocycles. The molecule has 1 nitrogen and oxygen atoms in total. The molecule has 0 aliphatic rings. The molecule has 0 aliphatic carbocycles. The maximum Gasteiger partial charge on any atom is 0.146 e. The molecule has 0 aliphatic heterocycles. The predicted molar refractivity (Wildman–Crippen MR) is 88.4 cm³/mol. The molecule has 18 heavy (non-hydrogen) atoms. The van der Waals surface area contributed by atoms with Crippen LogP contribution in [0, 0.1) is 0 Å². The fourth-order valence-corrected chi connectivity index (χ4v) is 3.88. The minimum Gasteiger partial charge on any atom is -0.427 e. The minimum absolute atomic E-state index is 0.0230. The van der Waals surface area contributed by atoms with Crippen LogP contribution in [-0.4, -0.2) is 21.5 Å². The van der Waals surface area contributed by atoms with Crippen molar-refractivity contribution >= 4 is 33.1 Å². The van der Waals surface area contributed by atoms with E-state index >= 15 is 0 Å². The molecule has 0 aromatic heterocycles. The molecule has 0 spiro atoms. The van der Waals surface area contributed by atoms with E-state index in [0.717, 1.165) is 21.5 Å². The van der Waals surface area contributed by atoms with E-state index in [9.17, 15) is 0 Å². The van der Waals surface area contributed by atoms with Crippen LogP contribution < -0.4 is 0 Å². The number of hydrogen-bond donors (Lipinski definition) is 0. The lowest BCUT2D eigenvalue weighted by Crippen LogP contribution is -2.35. The Balaban J connectivity index is 2.53. The van der Waals surface area contributed by atoms with E-state index < -0.39 is 0 Å². The van der Waals surface area contributed by atoms with Crippen molar-refractivity contribution in [2.45, 2.75) is 5.41 Å². The van der Waals surface area contributed by atoms with Crippen molar-refractivity contribution in [3.8, 4) is 0 Å². The summed E-state index contributed by atoms with van der Waals surface area (Å²) in [4.78, 5) is 0. The van der Waals surface area contributed by atoms with Gasteiger partial charge >= 0.3 is 0 Å². The van der Waals surface area contributed by atoms with Gasteiger partial charge in [0.05, 0.1) is 5.41 Å². The third kappa shape index (κ3) is 2.68. The summed E-state index contributed by atoms with van der Waals surface area (Å²) >= 11 is 2.47. The van der Waals surface area contributed by atoms with Crippen LogP contribution in [0.5, 0.6) is 0 Å². The Bertz CT molecular complexity index is 433. The first-order chi connectivity index (χ1) is 8.83. The Hall–Kier alpha value is -0.653. The third-order valence-corrected chi connectivity index (χ3v) is 4.86. The average Bonchev–Trinajstić information content (AvgIpc) is 2.47. The number of halogens is 1. The Morgan fingerprint density at radius 3 is 1.67 bits per heavy atom. The lowest BCUT2D eigenvalue weighted by atomic mass is 9.77. The zero-order valence-electron chi connectivity index (χ0n) is 10.5. The lowest BCUT2D eigenvalue weighted by Gasteiger charge is -2.33. The first-order valence-electron chi connectivity index (χ1n) is 5.99. The second kappa shape index (κ2) is 6.50. The normalized spacial score (nSPS) is 11.6. The third-order valence-electron chi connectivity index (χ3n) is 3.27. The molecule has 0 saturated carbocycles. The van der Waals surface area contributed by atoms with Crippen LogP contribution >= 0.6 is 22.6 Å². The molecule has 0 unspecified atom stereocenters. The van der Waals surface area contributed by atoms with Crippen molar-refractivity contribution in [3.63, 3.8) is 0 Å². The van der Waals surface area contributed by atoms with Gasteiger partial charge in [0, 0.05) is 11.0 Å². The SMILES string of the molecule is [SiH3]OCC(CI)(c1ccccc1)c1ccccc1. The molecule has 2 aromatic rings. The zero-order valence-corrected chi connectivity index (χ0v) is 14.6. The molecule has 0 N–H and O–H groups in total. The molecule has 0 radical (unpaired) electrons.